The molecular weight excluding hydrogens is 293 g/mol. The highest BCUT2D eigenvalue weighted by atomic mass is 19.1. The normalized spacial score (nSPS) is 10.7. The van der Waals surface area contributed by atoms with Crippen LogP contribution in [0.3, 0.4) is 0 Å². The van der Waals surface area contributed by atoms with Crippen molar-refractivity contribution in [3.63, 3.8) is 0 Å². The van der Waals surface area contributed by atoms with Crippen LogP contribution in [0.4, 0.5) is 4.39 Å². The Morgan fingerprint density at radius 3 is 2.70 bits per heavy atom. The second kappa shape index (κ2) is 8.13. The molecule has 0 aliphatic rings. The molecule has 4 heteroatoms. The number of likely N-dealkylation sites (N-methyl/N-ethyl adjacent to an activating group) is 1. The van der Waals surface area contributed by atoms with Crippen molar-refractivity contribution in [3.8, 4) is 5.75 Å². The molecule has 0 aromatic heterocycles. The number of carbonyl (C=O) groups excluding carboxylic acids is 1. The predicted molar refractivity (Wildman–Crippen MR) is 89.5 cm³/mol. The molecule has 0 N–H and O–H groups in total. The molecule has 2 aromatic rings. The third kappa shape index (κ3) is 4.95. The van der Waals surface area contributed by atoms with E-state index in [9.17, 15) is 9.18 Å². The Kier molecular flexibility index (Phi) is 5.92. The Bertz CT molecular complexity index is 697. The zero-order valence-electron chi connectivity index (χ0n) is 13.3. The van der Waals surface area contributed by atoms with Crippen molar-refractivity contribution in [1.29, 1.82) is 0 Å². The zero-order valence-corrected chi connectivity index (χ0v) is 13.3. The van der Waals surface area contributed by atoms with Gasteiger partial charge in [0.2, 0.25) is 5.91 Å². The number of benzene rings is 2. The number of ether oxygens (including phenoxy) is 1. The third-order valence-electron chi connectivity index (χ3n) is 3.47. The van der Waals surface area contributed by atoms with Crippen molar-refractivity contribution in [2.24, 2.45) is 0 Å². The van der Waals surface area contributed by atoms with Gasteiger partial charge in [0.1, 0.15) is 11.6 Å². The average molecular weight is 313 g/mol. The van der Waals surface area contributed by atoms with E-state index in [0.717, 1.165) is 16.9 Å². The Morgan fingerprint density at radius 2 is 2.00 bits per heavy atom. The predicted octanol–water partition coefficient (Wildman–Crippen LogP) is 3.90. The molecule has 0 aliphatic carbocycles. The molecule has 0 saturated heterocycles. The minimum atomic E-state index is -0.294. The number of methoxy groups -OCH3 is 1. The average Bonchev–Trinajstić information content (AvgIpc) is 2.57. The first kappa shape index (κ1) is 16.7. The van der Waals surface area contributed by atoms with E-state index < -0.39 is 0 Å². The van der Waals surface area contributed by atoms with Crippen LogP contribution in [0.2, 0.25) is 0 Å². The van der Waals surface area contributed by atoms with Crippen molar-refractivity contribution >= 4 is 12.0 Å². The summed E-state index contributed by atoms with van der Waals surface area (Å²) < 4.78 is 18.4. The van der Waals surface area contributed by atoms with Gasteiger partial charge in [-0.3, -0.25) is 4.79 Å². The third-order valence-corrected chi connectivity index (χ3v) is 3.47. The molecule has 3 nitrogen and oxygen atoms in total. The van der Waals surface area contributed by atoms with Crippen LogP contribution in [0.15, 0.2) is 54.6 Å². The highest BCUT2D eigenvalue weighted by Gasteiger charge is 2.09. The molecule has 0 radical (unpaired) electrons. The Morgan fingerprint density at radius 1 is 1.22 bits per heavy atom. The summed E-state index contributed by atoms with van der Waals surface area (Å²) in [6.07, 6.45) is 3.27. The molecule has 0 unspecified atom stereocenters. The first-order valence-corrected chi connectivity index (χ1v) is 7.48. The van der Waals surface area contributed by atoms with Crippen LogP contribution in [0.25, 0.3) is 6.08 Å². The van der Waals surface area contributed by atoms with Crippen LogP contribution in [0.5, 0.6) is 5.75 Å². The van der Waals surface area contributed by atoms with E-state index >= 15 is 0 Å². The van der Waals surface area contributed by atoms with E-state index in [1.54, 1.807) is 24.2 Å². The summed E-state index contributed by atoms with van der Waals surface area (Å²) in [6, 6.07) is 13.8. The minimum Gasteiger partial charge on any atom is -0.497 e. The maximum atomic E-state index is 13.2. The number of carbonyl (C=O) groups is 1. The van der Waals surface area contributed by atoms with Crippen LogP contribution in [0.1, 0.15) is 18.1 Å². The highest BCUT2D eigenvalue weighted by Crippen LogP contribution is 2.14. The summed E-state index contributed by atoms with van der Waals surface area (Å²) >= 11 is 0. The second-order valence-electron chi connectivity index (χ2n) is 5.09. The fraction of sp³-hybridized carbons (Fsp3) is 0.211. The lowest BCUT2D eigenvalue weighted by Crippen LogP contribution is -2.28. The van der Waals surface area contributed by atoms with E-state index in [4.69, 9.17) is 4.74 Å². The van der Waals surface area contributed by atoms with Gasteiger partial charge in [0.25, 0.3) is 0 Å². The van der Waals surface area contributed by atoms with E-state index in [-0.39, 0.29) is 11.7 Å². The van der Waals surface area contributed by atoms with Gasteiger partial charge in [-0.2, -0.15) is 0 Å². The van der Waals surface area contributed by atoms with Crippen LogP contribution >= 0.6 is 0 Å². The van der Waals surface area contributed by atoms with Gasteiger partial charge in [0.15, 0.2) is 0 Å². The standard InChI is InChI=1S/C19H20FNO2/c1-3-21(14-16-7-4-8-17(20)12-16)19(22)11-10-15-6-5-9-18(13-15)23-2/h4-13H,3,14H2,1-2H3/b11-10+. The van der Waals surface area contributed by atoms with Gasteiger partial charge in [-0.05, 0) is 48.4 Å². The largest absolute Gasteiger partial charge is 0.497 e. The molecule has 0 saturated carbocycles. The maximum Gasteiger partial charge on any atom is 0.246 e. The molecule has 0 bridgehead atoms. The molecule has 23 heavy (non-hydrogen) atoms. The molecule has 0 atom stereocenters. The molecule has 0 spiro atoms. The summed E-state index contributed by atoms with van der Waals surface area (Å²) in [4.78, 5) is 14.0. The van der Waals surface area contributed by atoms with Gasteiger partial charge in [-0.1, -0.05) is 24.3 Å². The smallest absolute Gasteiger partial charge is 0.246 e. The van der Waals surface area contributed by atoms with Gasteiger partial charge in [-0.25, -0.2) is 4.39 Å². The molecule has 0 heterocycles. The van der Waals surface area contributed by atoms with Gasteiger partial charge >= 0.3 is 0 Å². The van der Waals surface area contributed by atoms with E-state index in [0.29, 0.717) is 13.1 Å². The topological polar surface area (TPSA) is 29.5 Å². The van der Waals surface area contributed by atoms with E-state index in [1.165, 1.54) is 18.2 Å². The van der Waals surface area contributed by atoms with Crippen molar-refractivity contribution in [3.05, 3.63) is 71.6 Å². The monoisotopic (exact) mass is 313 g/mol. The molecule has 2 rings (SSSR count). The summed E-state index contributed by atoms with van der Waals surface area (Å²) in [5, 5.41) is 0. The van der Waals surface area contributed by atoms with Crippen LogP contribution < -0.4 is 4.74 Å². The molecule has 0 aliphatic heterocycles. The van der Waals surface area contributed by atoms with Gasteiger partial charge < -0.3 is 9.64 Å². The molecule has 1 amide bonds. The zero-order chi connectivity index (χ0) is 16.7. The number of nitrogens with zero attached hydrogens (tertiary/aromatic N) is 1. The van der Waals surface area contributed by atoms with Crippen LogP contribution in [-0.4, -0.2) is 24.5 Å². The summed E-state index contributed by atoms with van der Waals surface area (Å²) in [5.74, 6) is 0.337. The van der Waals surface area contributed by atoms with Gasteiger partial charge in [-0.15, -0.1) is 0 Å². The quantitative estimate of drug-likeness (QED) is 0.757. The molecular formula is C19H20FNO2. The number of hydrogen-bond acceptors (Lipinski definition) is 2. The Balaban J connectivity index is 2.05. The van der Waals surface area contributed by atoms with Gasteiger partial charge in [0, 0.05) is 19.2 Å². The highest BCUT2D eigenvalue weighted by molar-refractivity contribution is 5.91. The first-order valence-electron chi connectivity index (χ1n) is 7.48. The number of halogens is 1. The van der Waals surface area contributed by atoms with Crippen molar-refractivity contribution < 1.29 is 13.9 Å². The molecule has 0 fully saturated rings. The SMILES string of the molecule is CCN(Cc1cccc(F)c1)C(=O)/C=C/c1cccc(OC)c1. The summed E-state index contributed by atoms with van der Waals surface area (Å²) in [6.45, 7) is 2.84. The number of rotatable bonds is 6. The summed E-state index contributed by atoms with van der Waals surface area (Å²) in [7, 11) is 1.60. The Labute approximate surface area is 136 Å². The van der Waals surface area contributed by atoms with Crippen LogP contribution in [-0.2, 0) is 11.3 Å². The fourth-order valence-electron chi connectivity index (χ4n) is 2.22. The van der Waals surface area contributed by atoms with E-state index in [1.807, 2.05) is 37.3 Å². The van der Waals surface area contributed by atoms with Gasteiger partial charge in [0.05, 0.1) is 7.11 Å². The minimum absolute atomic E-state index is 0.111. The van der Waals surface area contributed by atoms with Crippen molar-refractivity contribution in [2.75, 3.05) is 13.7 Å². The number of amides is 1. The number of hydrogen-bond donors (Lipinski definition) is 0. The maximum absolute atomic E-state index is 13.2. The van der Waals surface area contributed by atoms with Crippen molar-refractivity contribution in [2.45, 2.75) is 13.5 Å². The van der Waals surface area contributed by atoms with Crippen LogP contribution in [0, 0.1) is 5.82 Å². The fourth-order valence-corrected chi connectivity index (χ4v) is 2.22. The first-order chi connectivity index (χ1) is 11.1. The molecule has 2 aromatic carbocycles. The molecule has 120 valence electrons. The second-order valence-corrected chi connectivity index (χ2v) is 5.09. The lowest BCUT2D eigenvalue weighted by Gasteiger charge is -2.19. The lowest BCUT2D eigenvalue weighted by molar-refractivity contribution is -0.126. The Hall–Kier alpha value is -2.62. The van der Waals surface area contributed by atoms with E-state index in [2.05, 4.69) is 0 Å². The summed E-state index contributed by atoms with van der Waals surface area (Å²) in [5.41, 5.74) is 1.66. The lowest BCUT2D eigenvalue weighted by atomic mass is 10.2. The van der Waals surface area contributed by atoms with Crippen molar-refractivity contribution in [1.82, 2.24) is 4.90 Å².